The largest absolute Gasteiger partial charge is 0.505 e. The molecule has 2 rings (SSSR count). The van der Waals surface area contributed by atoms with Crippen LogP contribution in [0, 0.1) is 0 Å². The number of hydrogen-bond donors (Lipinski definition) is 4. The summed E-state index contributed by atoms with van der Waals surface area (Å²) >= 11 is 0. The van der Waals surface area contributed by atoms with Crippen LogP contribution in [0.25, 0.3) is 0 Å². The molecule has 0 saturated carbocycles. The second-order valence-corrected chi connectivity index (χ2v) is 4.56. The van der Waals surface area contributed by atoms with Gasteiger partial charge in [0.1, 0.15) is 12.1 Å². The van der Waals surface area contributed by atoms with Crippen molar-refractivity contribution in [3.8, 4) is 5.75 Å². The number of para-hydroxylation sites is 1. The first-order valence-corrected chi connectivity index (χ1v) is 6.37. The minimum Gasteiger partial charge on any atom is -0.505 e. The van der Waals surface area contributed by atoms with E-state index in [9.17, 15) is 19.5 Å². The number of carbonyl (C=O) groups is 3. The van der Waals surface area contributed by atoms with Crippen LogP contribution in [0.15, 0.2) is 18.2 Å². The molecule has 0 radical (unpaired) electrons. The van der Waals surface area contributed by atoms with E-state index >= 15 is 0 Å². The summed E-state index contributed by atoms with van der Waals surface area (Å²) in [5.41, 5.74) is -0.314. The highest BCUT2D eigenvalue weighted by Gasteiger charge is 2.21. The Morgan fingerprint density at radius 2 is 2.10 bits per heavy atom. The molecule has 112 valence electrons. The average Bonchev–Trinajstić information content (AvgIpc) is 2.65. The molecule has 1 aliphatic rings. The Hall–Kier alpha value is -2.77. The molecule has 0 aliphatic carbocycles. The second-order valence-electron chi connectivity index (χ2n) is 4.56. The lowest BCUT2D eigenvalue weighted by Gasteiger charge is -2.20. The first-order chi connectivity index (χ1) is 9.99. The van der Waals surface area contributed by atoms with E-state index in [1.54, 1.807) is 0 Å². The Morgan fingerprint density at radius 1 is 1.33 bits per heavy atom. The molecule has 0 atom stereocenters. The third-order valence-electron chi connectivity index (χ3n) is 3.06. The summed E-state index contributed by atoms with van der Waals surface area (Å²) in [6.45, 7) is 0.817. The number of benzene rings is 1. The molecule has 0 spiro atoms. The zero-order chi connectivity index (χ0) is 15.4. The van der Waals surface area contributed by atoms with Crippen molar-refractivity contribution < 1.29 is 24.6 Å². The molecule has 0 aromatic heterocycles. The highest BCUT2D eigenvalue weighted by Crippen LogP contribution is 2.27. The van der Waals surface area contributed by atoms with Crippen LogP contribution in [0.2, 0.25) is 0 Å². The number of nitrogens with zero attached hydrogens (tertiary/aromatic N) is 1. The fourth-order valence-corrected chi connectivity index (χ4v) is 1.99. The lowest BCUT2D eigenvalue weighted by molar-refractivity contribution is -0.120. The van der Waals surface area contributed by atoms with E-state index < -0.39 is 17.7 Å². The number of carboxylic acids is 1. The van der Waals surface area contributed by atoms with Gasteiger partial charge in [-0.3, -0.25) is 4.79 Å². The zero-order valence-corrected chi connectivity index (χ0v) is 11.1. The number of anilines is 1. The van der Waals surface area contributed by atoms with Gasteiger partial charge in [-0.25, -0.2) is 9.59 Å². The monoisotopic (exact) mass is 293 g/mol. The van der Waals surface area contributed by atoms with Gasteiger partial charge in [-0.05, 0) is 18.6 Å². The number of carbonyl (C=O) groups excluding carboxylic acids is 2. The van der Waals surface area contributed by atoms with Crippen molar-refractivity contribution in [2.24, 2.45) is 0 Å². The number of hydrogen-bond acceptors (Lipinski definition) is 4. The van der Waals surface area contributed by atoms with Gasteiger partial charge in [0.2, 0.25) is 5.91 Å². The maximum Gasteiger partial charge on any atom is 0.339 e. The normalized spacial score (nSPS) is 15.0. The number of carboxylic acid groups (broad SMARTS) is 1. The maximum atomic E-state index is 12.1. The molecular weight excluding hydrogens is 278 g/mol. The van der Waals surface area contributed by atoms with Gasteiger partial charge in [0, 0.05) is 13.1 Å². The third kappa shape index (κ3) is 3.41. The molecule has 0 unspecified atom stereocenters. The van der Waals surface area contributed by atoms with Crippen molar-refractivity contribution >= 4 is 23.6 Å². The molecule has 8 nitrogen and oxygen atoms in total. The van der Waals surface area contributed by atoms with E-state index in [1.807, 2.05) is 0 Å². The van der Waals surface area contributed by atoms with Crippen molar-refractivity contribution in [3.05, 3.63) is 23.8 Å². The van der Waals surface area contributed by atoms with Crippen molar-refractivity contribution in [3.63, 3.8) is 0 Å². The highest BCUT2D eigenvalue weighted by molar-refractivity contribution is 5.98. The summed E-state index contributed by atoms with van der Waals surface area (Å²) in [5, 5.41) is 23.8. The summed E-state index contributed by atoms with van der Waals surface area (Å²) in [7, 11) is 0. The second kappa shape index (κ2) is 6.12. The summed E-state index contributed by atoms with van der Waals surface area (Å²) in [5.74, 6) is -2.07. The van der Waals surface area contributed by atoms with Crippen LogP contribution >= 0.6 is 0 Å². The first-order valence-electron chi connectivity index (χ1n) is 6.37. The van der Waals surface area contributed by atoms with Crippen LogP contribution in [0.3, 0.4) is 0 Å². The van der Waals surface area contributed by atoms with Gasteiger partial charge in [0.25, 0.3) is 0 Å². The van der Waals surface area contributed by atoms with Crippen molar-refractivity contribution in [1.29, 1.82) is 0 Å². The lowest BCUT2D eigenvalue weighted by Crippen LogP contribution is -2.39. The number of phenols is 1. The molecule has 21 heavy (non-hydrogen) atoms. The number of aromatic carboxylic acids is 1. The van der Waals surface area contributed by atoms with Crippen molar-refractivity contribution in [2.45, 2.75) is 6.42 Å². The molecule has 1 fully saturated rings. The Kier molecular flexibility index (Phi) is 4.27. The minimum absolute atomic E-state index is 0.00967. The first kappa shape index (κ1) is 14.6. The van der Waals surface area contributed by atoms with Crippen LogP contribution in [0.4, 0.5) is 10.5 Å². The number of amides is 3. The number of urea groups is 1. The topological polar surface area (TPSA) is 119 Å². The number of aromatic hydroxyl groups is 1. The van der Waals surface area contributed by atoms with E-state index in [0.717, 1.165) is 0 Å². The van der Waals surface area contributed by atoms with Crippen molar-refractivity contribution in [1.82, 2.24) is 10.2 Å². The van der Waals surface area contributed by atoms with E-state index in [0.29, 0.717) is 19.5 Å². The summed E-state index contributed by atoms with van der Waals surface area (Å²) < 4.78 is 0. The van der Waals surface area contributed by atoms with Gasteiger partial charge in [-0.2, -0.15) is 0 Å². The molecule has 1 aromatic carbocycles. The molecule has 3 amide bonds. The Morgan fingerprint density at radius 3 is 2.81 bits per heavy atom. The molecule has 4 N–H and O–H groups in total. The summed E-state index contributed by atoms with van der Waals surface area (Å²) in [6.07, 6.45) is 0.625. The fourth-order valence-electron chi connectivity index (χ4n) is 1.99. The standard InChI is InChI=1S/C13H15N3O5/c17-10-7-16(6-2-5-14-10)13(21)15-9-4-1-3-8(11(9)18)12(19)20/h1,3-4,18H,2,5-7H2,(H,14,17)(H,15,21)(H,19,20). The molecule has 0 bridgehead atoms. The Labute approximate surface area is 120 Å². The smallest absolute Gasteiger partial charge is 0.339 e. The third-order valence-corrected chi connectivity index (χ3v) is 3.06. The molecule has 1 heterocycles. The van der Waals surface area contributed by atoms with Crippen molar-refractivity contribution in [2.75, 3.05) is 25.0 Å². The van der Waals surface area contributed by atoms with Gasteiger partial charge >= 0.3 is 12.0 Å². The molecule has 8 heteroatoms. The quantitative estimate of drug-likeness (QED) is 0.590. The molecule has 1 aliphatic heterocycles. The predicted octanol–water partition coefficient (Wildman–Crippen LogP) is 0.444. The zero-order valence-electron chi connectivity index (χ0n) is 11.1. The van der Waals surface area contributed by atoms with E-state index in [2.05, 4.69) is 10.6 Å². The van der Waals surface area contributed by atoms with E-state index in [-0.39, 0.29) is 23.7 Å². The van der Waals surface area contributed by atoms with E-state index in [1.165, 1.54) is 23.1 Å². The highest BCUT2D eigenvalue weighted by atomic mass is 16.4. The van der Waals surface area contributed by atoms with Gasteiger partial charge < -0.3 is 25.7 Å². The molecule has 1 saturated heterocycles. The van der Waals surface area contributed by atoms with Gasteiger partial charge in [-0.1, -0.05) is 6.07 Å². The molecule has 1 aromatic rings. The van der Waals surface area contributed by atoms with E-state index in [4.69, 9.17) is 5.11 Å². The Bertz CT molecular complexity index is 587. The lowest BCUT2D eigenvalue weighted by atomic mass is 10.1. The van der Waals surface area contributed by atoms with Crippen LogP contribution < -0.4 is 10.6 Å². The summed E-state index contributed by atoms with van der Waals surface area (Å²) in [4.78, 5) is 35.7. The fraction of sp³-hybridized carbons (Fsp3) is 0.308. The van der Waals surface area contributed by atoms with Crippen LogP contribution in [-0.4, -0.2) is 52.7 Å². The molecular formula is C13H15N3O5. The van der Waals surface area contributed by atoms with Crippen LogP contribution in [0.1, 0.15) is 16.8 Å². The summed E-state index contributed by atoms with van der Waals surface area (Å²) in [6, 6.07) is 3.46. The van der Waals surface area contributed by atoms with Gasteiger partial charge in [-0.15, -0.1) is 0 Å². The van der Waals surface area contributed by atoms with Crippen LogP contribution in [-0.2, 0) is 4.79 Å². The SMILES string of the molecule is O=C1CN(C(=O)Nc2cccc(C(=O)O)c2O)CCCN1. The Balaban J connectivity index is 2.14. The number of rotatable bonds is 2. The minimum atomic E-state index is -1.29. The number of nitrogens with one attached hydrogen (secondary N) is 2. The van der Waals surface area contributed by atoms with Crippen LogP contribution in [0.5, 0.6) is 5.75 Å². The van der Waals surface area contributed by atoms with Gasteiger partial charge in [0.05, 0.1) is 5.69 Å². The average molecular weight is 293 g/mol. The maximum absolute atomic E-state index is 12.1. The van der Waals surface area contributed by atoms with Gasteiger partial charge in [0.15, 0.2) is 5.75 Å². The predicted molar refractivity (Wildman–Crippen MR) is 73.3 cm³/mol.